The molecule has 1 aliphatic carbocycles. The molecule has 0 spiro atoms. The molecular formula is C12H26N2O. The molecule has 3 heteroatoms. The molecule has 0 aliphatic heterocycles. The van der Waals surface area contributed by atoms with Crippen LogP contribution in [0, 0.1) is 5.92 Å². The molecule has 1 saturated carbocycles. The molecule has 1 rings (SSSR count). The molecule has 1 fully saturated rings. The maximum absolute atomic E-state index is 9.25. The highest BCUT2D eigenvalue weighted by Gasteiger charge is 2.24. The predicted molar refractivity (Wildman–Crippen MR) is 64.0 cm³/mol. The molecule has 15 heavy (non-hydrogen) atoms. The van der Waals surface area contributed by atoms with E-state index in [1.165, 1.54) is 19.3 Å². The first-order chi connectivity index (χ1) is 7.15. The Hall–Kier alpha value is -0.120. The van der Waals surface area contributed by atoms with Crippen LogP contribution in [0.2, 0.25) is 0 Å². The van der Waals surface area contributed by atoms with Gasteiger partial charge in [0.25, 0.3) is 0 Å². The zero-order chi connectivity index (χ0) is 11.3. The zero-order valence-electron chi connectivity index (χ0n) is 10.4. The lowest BCUT2D eigenvalue weighted by Crippen LogP contribution is -2.44. The number of likely N-dealkylation sites (N-methyl/N-ethyl adjacent to an activating group) is 1. The molecule has 0 heterocycles. The standard InChI is InChI=1S/C12H26N2O/c1-4-10(2)7-14(3)8-12(9-15)13-11-5-6-11/h10-13,15H,4-9H2,1-3H3. The molecule has 0 aromatic rings. The summed E-state index contributed by atoms with van der Waals surface area (Å²) in [7, 11) is 2.14. The highest BCUT2D eigenvalue weighted by molar-refractivity contribution is 4.85. The van der Waals surface area contributed by atoms with Gasteiger partial charge in [0, 0.05) is 25.2 Å². The van der Waals surface area contributed by atoms with Crippen molar-refractivity contribution >= 4 is 0 Å². The molecule has 0 aromatic carbocycles. The molecule has 0 saturated heterocycles. The summed E-state index contributed by atoms with van der Waals surface area (Å²) in [6, 6.07) is 0.936. The van der Waals surface area contributed by atoms with E-state index in [0.29, 0.717) is 6.04 Å². The van der Waals surface area contributed by atoms with Crippen molar-refractivity contribution in [3.8, 4) is 0 Å². The first-order valence-electron chi connectivity index (χ1n) is 6.21. The lowest BCUT2D eigenvalue weighted by molar-refractivity contribution is 0.186. The van der Waals surface area contributed by atoms with Crippen molar-refractivity contribution in [2.45, 2.75) is 45.2 Å². The van der Waals surface area contributed by atoms with Crippen LogP contribution in [-0.2, 0) is 0 Å². The lowest BCUT2D eigenvalue weighted by atomic mass is 10.1. The largest absolute Gasteiger partial charge is 0.395 e. The van der Waals surface area contributed by atoms with Crippen LogP contribution in [-0.4, -0.2) is 48.8 Å². The summed E-state index contributed by atoms with van der Waals surface area (Å²) in [5.74, 6) is 0.746. The van der Waals surface area contributed by atoms with Crippen molar-refractivity contribution in [3.63, 3.8) is 0 Å². The average molecular weight is 214 g/mol. The minimum absolute atomic E-state index is 0.251. The van der Waals surface area contributed by atoms with Gasteiger partial charge in [-0.3, -0.25) is 0 Å². The van der Waals surface area contributed by atoms with E-state index in [1.807, 2.05) is 0 Å². The van der Waals surface area contributed by atoms with Gasteiger partial charge >= 0.3 is 0 Å². The van der Waals surface area contributed by atoms with Crippen LogP contribution < -0.4 is 5.32 Å². The molecule has 0 bridgehead atoms. The Morgan fingerprint density at radius 3 is 2.53 bits per heavy atom. The van der Waals surface area contributed by atoms with Crippen molar-refractivity contribution in [2.75, 3.05) is 26.7 Å². The van der Waals surface area contributed by atoms with Gasteiger partial charge in [0.15, 0.2) is 0 Å². The fourth-order valence-corrected chi connectivity index (χ4v) is 1.86. The van der Waals surface area contributed by atoms with E-state index in [2.05, 4.69) is 31.1 Å². The summed E-state index contributed by atoms with van der Waals surface area (Å²) in [5.41, 5.74) is 0. The number of nitrogens with zero attached hydrogens (tertiary/aromatic N) is 1. The zero-order valence-corrected chi connectivity index (χ0v) is 10.4. The van der Waals surface area contributed by atoms with Crippen LogP contribution in [0.25, 0.3) is 0 Å². The second-order valence-electron chi connectivity index (χ2n) is 5.06. The fourth-order valence-electron chi connectivity index (χ4n) is 1.86. The van der Waals surface area contributed by atoms with Gasteiger partial charge in [-0.1, -0.05) is 20.3 Å². The molecule has 3 nitrogen and oxygen atoms in total. The van der Waals surface area contributed by atoms with Gasteiger partial charge in [0.1, 0.15) is 0 Å². The second-order valence-corrected chi connectivity index (χ2v) is 5.06. The van der Waals surface area contributed by atoms with Crippen LogP contribution in [0.5, 0.6) is 0 Å². The Morgan fingerprint density at radius 2 is 2.07 bits per heavy atom. The van der Waals surface area contributed by atoms with Crippen LogP contribution in [0.3, 0.4) is 0 Å². The number of hydrogen-bond acceptors (Lipinski definition) is 3. The van der Waals surface area contributed by atoms with E-state index >= 15 is 0 Å². The molecular weight excluding hydrogens is 188 g/mol. The molecule has 0 amide bonds. The SMILES string of the molecule is CCC(C)CN(C)CC(CO)NC1CC1. The Kier molecular flexibility index (Phi) is 5.58. The van der Waals surface area contributed by atoms with E-state index in [-0.39, 0.29) is 12.6 Å². The first kappa shape index (κ1) is 12.9. The van der Waals surface area contributed by atoms with Crippen molar-refractivity contribution < 1.29 is 5.11 Å². The molecule has 2 unspecified atom stereocenters. The van der Waals surface area contributed by atoms with E-state index in [0.717, 1.165) is 19.0 Å². The normalized spacial score (nSPS) is 20.6. The number of rotatable bonds is 8. The molecule has 2 N–H and O–H groups in total. The van der Waals surface area contributed by atoms with Crippen LogP contribution >= 0.6 is 0 Å². The maximum atomic E-state index is 9.25. The van der Waals surface area contributed by atoms with Gasteiger partial charge < -0.3 is 15.3 Å². The summed E-state index contributed by atoms with van der Waals surface area (Å²) >= 11 is 0. The first-order valence-corrected chi connectivity index (χ1v) is 6.21. The third-order valence-electron chi connectivity index (χ3n) is 3.12. The summed E-state index contributed by atoms with van der Waals surface area (Å²) in [6.07, 6.45) is 3.79. The summed E-state index contributed by atoms with van der Waals surface area (Å²) in [6.45, 7) is 6.83. The number of aliphatic hydroxyl groups is 1. The van der Waals surface area contributed by atoms with Gasteiger partial charge in [-0.25, -0.2) is 0 Å². The van der Waals surface area contributed by atoms with Gasteiger partial charge in [0.05, 0.1) is 6.61 Å². The Balaban J connectivity index is 2.17. The predicted octanol–water partition coefficient (Wildman–Crippen LogP) is 1.08. The highest BCUT2D eigenvalue weighted by atomic mass is 16.3. The summed E-state index contributed by atoms with van der Waals surface area (Å²) < 4.78 is 0. The third-order valence-corrected chi connectivity index (χ3v) is 3.12. The highest BCUT2D eigenvalue weighted by Crippen LogP contribution is 2.19. The maximum Gasteiger partial charge on any atom is 0.0597 e. The third kappa shape index (κ3) is 5.50. The fraction of sp³-hybridized carbons (Fsp3) is 1.00. The smallest absolute Gasteiger partial charge is 0.0597 e. The molecule has 0 radical (unpaired) electrons. The Morgan fingerprint density at radius 1 is 1.40 bits per heavy atom. The minimum Gasteiger partial charge on any atom is -0.395 e. The van der Waals surface area contributed by atoms with Crippen LogP contribution in [0.4, 0.5) is 0 Å². The van der Waals surface area contributed by atoms with Gasteiger partial charge in [0.2, 0.25) is 0 Å². The Bertz CT molecular complexity index is 171. The average Bonchev–Trinajstić information content (AvgIpc) is 3.00. The molecule has 1 aliphatic rings. The van der Waals surface area contributed by atoms with Gasteiger partial charge in [-0.05, 0) is 25.8 Å². The van der Waals surface area contributed by atoms with Gasteiger partial charge in [-0.15, -0.1) is 0 Å². The van der Waals surface area contributed by atoms with E-state index in [9.17, 15) is 5.11 Å². The quantitative estimate of drug-likeness (QED) is 0.634. The molecule has 2 atom stereocenters. The van der Waals surface area contributed by atoms with Crippen LogP contribution in [0.1, 0.15) is 33.1 Å². The molecule has 90 valence electrons. The number of nitrogens with one attached hydrogen (secondary N) is 1. The lowest BCUT2D eigenvalue weighted by Gasteiger charge is -2.25. The summed E-state index contributed by atoms with van der Waals surface area (Å²) in [5, 5.41) is 12.7. The van der Waals surface area contributed by atoms with Crippen molar-refractivity contribution in [3.05, 3.63) is 0 Å². The Labute approximate surface area is 93.9 Å². The van der Waals surface area contributed by atoms with Gasteiger partial charge in [-0.2, -0.15) is 0 Å². The number of hydrogen-bond donors (Lipinski definition) is 2. The van der Waals surface area contributed by atoms with E-state index in [4.69, 9.17) is 0 Å². The minimum atomic E-state index is 0.251. The topological polar surface area (TPSA) is 35.5 Å². The number of aliphatic hydroxyl groups excluding tert-OH is 1. The monoisotopic (exact) mass is 214 g/mol. The van der Waals surface area contributed by atoms with E-state index < -0.39 is 0 Å². The van der Waals surface area contributed by atoms with Crippen molar-refractivity contribution in [2.24, 2.45) is 5.92 Å². The second kappa shape index (κ2) is 6.46. The summed E-state index contributed by atoms with van der Waals surface area (Å²) in [4.78, 5) is 2.32. The van der Waals surface area contributed by atoms with Crippen molar-refractivity contribution in [1.82, 2.24) is 10.2 Å². The van der Waals surface area contributed by atoms with Crippen LogP contribution in [0.15, 0.2) is 0 Å². The van der Waals surface area contributed by atoms with E-state index in [1.54, 1.807) is 0 Å². The molecule has 0 aromatic heterocycles. The van der Waals surface area contributed by atoms with Crippen molar-refractivity contribution in [1.29, 1.82) is 0 Å².